The van der Waals surface area contributed by atoms with Crippen molar-refractivity contribution >= 4 is 38.9 Å². The van der Waals surface area contributed by atoms with Gasteiger partial charge in [0.2, 0.25) is 0 Å². The maximum Gasteiger partial charge on any atom is 0.266 e. The number of hydrogen-bond acceptors (Lipinski definition) is 4. The summed E-state index contributed by atoms with van der Waals surface area (Å²) < 4.78 is 15.1. The van der Waals surface area contributed by atoms with Gasteiger partial charge in [0.25, 0.3) is 5.91 Å². The van der Waals surface area contributed by atoms with Crippen LogP contribution in [0.3, 0.4) is 0 Å². The van der Waals surface area contributed by atoms with Gasteiger partial charge < -0.3 is 10.2 Å². The van der Waals surface area contributed by atoms with Crippen molar-refractivity contribution in [1.29, 1.82) is 0 Å². The number of amides is 1. The molecule has 1 amide bonds. The van der Waals surface area contributed by atoms with Crippen LogP contribution in [0.4, 0.5) is 4.39 Å². The lowest BCUT2D eigenvalue weighted by atomic mass is 9.89. The average Bonchev–Trinajstić information content (AvgIpc) is 3.29. The van der Waals surface area contributed by atoms with E-state index in [1.807, 2.05) is 31.0 Å². The largest absolute Gasteiger partial charge is 0.331 e. The number of thiophene rings is 1. The number of halogens is 2. The van der Waals surface area contributed by atoms with Crippen molar-refractivity contribution in [3.05, 3.63) is 87.3 Å². The third-order valence-corrected chi connectivity index (χ3v) is 9.32. The molecule has 0 atom stereocenters. The van der Waals surface area contributed by atoms with E-state index in [4.69, 9.17) is 11.6 Å². The first-order valence-electron chi connectivity index (χ1n) is 12.7. The van der Waals surface area contributed by atoms with Crippen LogP contribution in [0.2, 0.25) is 5.02 Å². The maximum atomic E-state index is 14.7. The maximum absolute atomic E-state index is 14.7. The molecule has 0 bridgehead atoms. The molecule has 7 heteroatoms. The van der Waals surface area contributed by atoms with E-state index >= 15 is 0 Å². The molecule has 4 aromatic rings. The molecule has 0 saturated heterocycles. The molecule has 0 unspecified atom stereocenters. The number of carbonyl (C=O) groups is 1. The van der Waals surface area contributed by atoms with Crippen molar-refractivity contribution < 1.29 is 9.18 Å². The fraction of sp³-hybridized carbons (Fsp3) is 0.333. The second kappa shape index (κ2) is 10.9. The number of nitrogens with one attached hydrogen (secondary N) is 1. The van der Waals surface area contributed by atoms with E-state index in [1.54, 1.807) is 18.5 Å². The van der Waals surface area contributed by atoms with E-state index in [0.717, 1.165) is 53.5 Å². The predicted octanol–water partition coefficient (Wildman–Crippen LogP) is 7.55. The Balaban J connectivity index is 1.54. The number of aryl methyl sites for hydroxylation is 2. The Morgan fingerprint density at radius 1 is 1.05 bits per heavy atom. The highest BCUT2D eigenvalue weighted by molar-refractivity contribution is 7.21. The van der Waals surface area contributed by atoms with E-state index in [0.29, 0.717) is 32.6 Å². The lowest BCUT2D eigenvalue weighted by molar-refractivity contribution is 0.0606. The van der Waals surface area contributed by atoms with Crippen molar-refractivity contribution in [3.8, 4) is 11.1 Å². The zero-order valence-electron chi connectivity index (χ0n) is 21.4. The number of carbonyl (C=O) groups excluding carboxylic acids is 1. The minimum Gasteiger partial charge on any atom is -0.331 e. The fourth-order valence-corrected chi connectivity index (χ4v) is 6.98. The standard InChI is InChI=1S/C30H31ClFN3OS/c1-18-4-6-21(20-12-14-34-15-13-20)16-22(18)17-35(24-9-7-23(33-3)8-10-24)30(36)29-27(31)26-19(2)5-11-25(32)28(26)37-29/h4-6,11-16,23-24,33H,7-10,17H2,1-3H3. The first-order chi connectivity index (χ1) is 17.9. The lowest BCUT2D eigenvalue weighted by Crippen LogP contribution is -2.44. The van der Waals surface area contributed by atoms with Gasteiger partial charge in [-0.1, -0.05) is 29.8 Å². The molecule has 1 N–H and O–H groups in total. The van der Waals surface area contributed by atoms with Crippen LogP contribution in [-0.2, 0) is 6.54 Å². The zero-order valence-corrected chi connectivity index (χ0v) is 22.9. The van der Waals surface area contributed by atoms with E-state index in [2.05, 4.69) is 35.4 Å². The van der Waals surface area contributed by atoms with Gasteiger partial charge in [0.05, 0.1) is 9.72 Å². The Morgan fingerprint density at radius 2 is 1.76 bits per heavy atom. The Hall–Kier alpha value is -2.80. The van der Waals surface area contributed by atoms with E-state index < -0.39 is 0 Å². The summed E-state index contributed by atoms with van der Waals surface area (Å²) in [6, 6.07) is 14.1. The van der Waals surface area contributed by atoms with Crippen molar-refractivity contribution in [3.63, 3.8) is 0 Å². The van der Waals surface area contributed by atoms with Crippen molar-refractivity contribution in [1.82, 2.24) is 15.2 Å². The minimum atomic E-state index is -0.339. The van der Waals surface area contributed by atoms with Crippen LogP contribution < -0.4 is 5.32 Å². The molecule has 0 spiro atoms. The molecule has 2 heterocycles. The molecule has 37 heavy (non-hydrogen) atoms. The highest BCUT2D eigenvalue weighted by Gasteiger charge is 2.32. The summed E-state index contributed by atoms with van der Waals surface area (Å²) >= 11 is 7.95. The van der Waals surface area contributed by atoms with Gasteiger partial charge in [-0.2, -0.15) is 0 Å². The second-order valence-corrected chi connectivity index (χ2v) is 11.3. The molecule has 2 aromatic carbocycles. The van der Waals surface area contributed by atoms with Gasteiger partial charge in [0.1, 0.15) is 10.7 Å². The van der Waals surface area contributed by atoms with Gasteiger partial charge in [-0.15, -0.1) is 11.3 Å². The SMILES string of the molecule is CNC1CCC(N(Cc2cc(-c3ccncc3)ccc2C)C(=O)c2sc3c(F)ccc(C)c3c2Cl)CC1. The topological polar surface area (TPSA) is 45.2 Å². The van der Waals surface area contributed by atoms with Crippen molar-refractivity contribution in [2.45, 2.75) is 58.2 Å². The molecular formula is C30H31ClFN3OS. The van der Waals surface area contributed by atoms with Crippen LogP contribution in [-0.4, -0.2) is 34.9 Å². The number of hydrogen-bond donors (Lipinski definition) is 1. The van der Waals surface area contributed by atoms with E-state index in [9.17, 15) is 9.18 Å². The number of pyridine rings is 1. The molecule has 4 nitrogen and oxygen atoms in total. The molecule has 0 aliphatic heterocycles. The number of fused-ring (bicyclic) bond motifs is 1. The summed E-state index contributed by atoms with van der Waals surface area (Å²) in [6.07, 6.45) is 7.42. The monoisotopic (exact) mass is 535 g/mol. The first kappa shape index (κ1) is 25.8. The number of aromatic nitrogens is 1. The molecule has 1 aliphatic carbocycles. The molecule has 0 radical (unpaired) electrons. The molecule has 2 aromatic heterocycles. The van der Waals surface area contributed by atoms with Crippen LogP contribution in [0, 0.1) is 19.7 Å². The van der Waals surface area contributed by atoms with Gasteiger partial charge in [-0.25, -0.2) is 4.39 Å². The minimum absolute atomic E-state index is 0.0910. The summed E-state index contributed by atoms with van der Waals surface area (Å²) in [6.45, 7) is 4.46. The Bertz CT molecular complexity index is 1430. The average molecular weight is 536 g/mol. The van der Waals surface area contributed by atoms with Crippen LogP contribution in [0.5, 0.6) is 0 Å². The third kappa shape index (κ3) is 5.15. The Labute approximate surface area is 226 Å². The molecule has 1 aliphatic rings. The Morgan fingerprint density at radius 3 is 2.43 bits per heavy atom. The van der Waals surface area contributed by atoms with Gasteiger partial charge in [-0.05, 0) is 98.7 Å². The first-order valence-corrected chi connectivity index (χ1v) is 13.9. The van der Waals surface area contributed by atoms with E-state index in [-0.39, 0.29) is 17.8 Å². The predicted molar refractivity (Wildman–Crippen MR) is 151 cm³/mol. The zero-order chi connectivity index (χ0) is 26.1. The van der Waals surface area contributed by atoms with Gasteiger partial charge in [0.15, 0.2) is 0 Å². The summed E-state index contributed by atoms with van der Waals surface area (Å²) in [5.74, 6) is -0.458. The Kier molecular flexibility index (Phi) is 7.61. The molecule has 1 fully saturated rings. The lowest BCUT2D eigenvalue weighted by Gasteiger charge is -2.37. The van der Waals surface area contributed by atoms with Crippen LogP contribution >= 0.6 is 22.9 Å². The molecule has 5 rings (SSSR count). The molecule has 192 valence electrons. The summed E-state index contributed by atoms with van der Waals surface area (Å²) in [4.78, 5) is 20.7. The quantitative estimate of drug-likeness (QED) is 0.277. The summed E-state index contributed by atoms with van der Waals surface area (Å²) in [7, 11) is 2.00. The van der Waals surface area contributed by atoms with Crippen LogP contribution in [0.25, 0.3) is 21.2 Å². The van der Waals surface area contributed by atoms with Crippen molar-refractivity contribution in [2.24, 2.45) is 0 Å². The number of nitrogens with zero attached hydrogens (tertiary/aromatic N) is 2. The van der Waals surface area contributed by atoms with Crippen LogP contribution in [0.1, 0.15) is 52.0 Å². The van der Waals surface area contributed by atoms with Gasteiger partial charge in [-0.3, -0.25) is 9.78 Å². The number of rotatable bonds is 6. The molecule has 1 saturated carbocycles. The summed E-state index contributed by atoms with van der Waals surface area (Å²) in [5, 5.41) is 4.38. The van der Waals surface area contributed by atoms with Crippen molar-refractivity contribution in [2.75, 3.05) is 7.05 Å². The summed E-state index contributed by atoms with van der Waals surface area (Å²) in [5.41, 5.74) is 5.27. The van der Waals surface area contributed by atoms with Gasteiger partial charge >= 0.3 is 0 Å². The fourth-order valence-electron chi connectivity index (χ4n) is 5.35. The highest BCUT2D eigenvalue weighted by atomic mass is 35.5. The molecular weight excluding hydrogens is 505 g/mol. The van der Waals surface area contributed by atoms with E-state index in [1.165, 1.54) is 17.4 Å². The number of benzene rings is 2. The van der Waals surface area contributed by atoms with Crippen LogP contribution in [0.15, 0.2) is 54.9 Å². The smallest absolute Gasteiger partial charge is 0.266 e. The normalized spacial score (nSPS) is 17.8. The second-order valence-electron chi connectivity index (χ2n) is 9.92. The van der Waals surface area contributed by atoms with Gasteiger partial charge in [0, 0.05) is 36.4 Å². The highest BCUT2D eigenvalue weighted by Crippen LogP contribution is 2.40. The third-order valence-electron chi connectivity index (χ3n) is 7.65.